The molecule has 1 aliphatic heterocycles. The molecule has 11 heavy (non-hydrogen) atoms. The Labute approximate surface area is 77.7 Å². The van der Waals surface area contributed by atoms with Crippen LogP contribution < -0.4 is 11.2 Å². The van der Waals surface area contributed by atoms with Gasteiger partial charge in [-0.1, -0.05) is 0 Å². The summed E-state index contributed by atoms with van der Waals surface area (Å²) in [5.41, 5.74) is 8.38. The summed E-state index contributed by atoms with van der Waals surface area (Å²) in [4.78, 5) is 10.1. The van der Waals surface area contributed by atoms with Crippen molar-refractivity contribution < 1.29 is 4.92 Å². The van der Waals surface area contributed by atoms with Gasteiger partial charge in [-0.3, -0.25) is 10.1 Å². The first-order chi connectivity index (χ1) is 5.04. The molecule has 1 aliphatic rings. The van der Waals surface area contributed by atoms with Crippen LogP contribution in [0.15, 0.2) is 0 Å². The first-order valence-corrected chi connectivity index (χ1v) is 4.11. The van der Waals surface area contributed by atoms with Gasteiger partial charge in [-0.25, -0.2) is 5.43 Å². The molecule has 64 valence electrons. The highest BCUT2D eigenvalue weighted by Gasteiger charge is 2.44. The fourth-order valence-corrected chi connectivity index (χ4v) is 1.86. The van der Waals surface area contributed by atoms with E-state index >= 15 is 0 Å². The fourth-order valence-electron chi connectivity index (χ4n) is 1.09. The molecule has 1 heterocycles. The number of nitrogens with one attached hydrogen (secondary N) is 1. The van der Waals surface area contributed by atoms with Crippen LogP contribution in [0.25, 0.3) is 0 Å². The number of nitrogens with two attached hydrogens (primary N) is 1. The van der Waals surface area contributed by atoms with E-state index in [1.807, 2.05) is 22.9 Å². The van der Waals surface area contributed by atoms with Crippen LogP contribution in [0.3, 0.4) is 0 Å². The van der Waals surface area contributed by atoms with Crippen molar-refractivity contribution in [2.45, 2.75) is 25.2 Å². The number of nitrogens with zero attached hydrogens (tertiary/aromatic N) is 2. The fraction of sp³-hybridized carbons (Fsp3) is 1.00. The Morgan fingerprint density at radius 2 is 2.36 bits per heavy atom. The lowest BCUT2D eigenvalue weighted by Gasteiger charge is -2.10. The molecule has 0 spiro atoms. The molecule has 0 aromatic rings. The number of rotatable bonds is 1. The summed E-state index contributed by atoms with van der Waals surface area (Å²) in [6, 6.07) is -0.913. The van der Waals surface area contributed by atoms with Crippen molar-refractivity contribution >= 4 is 22.9 Å². The van der Waals surface area contributed by atoms with Gasteiger partial charge in [0.1, 0.15) is 0 Å². The monoisotopic (exact) mass is 272 g/mol. The normalized spacial score (nSPS) is 39.4. The van der Waals surface area contributed by atoms with E-state index in [9.17, 15) is 10.1 Å². The van der Waals surface area contributed by atoms with Gasteiger partial charge < -0.3 is 5.73 Å². The van der Waals surface area contributed by atoms with Crippen molar-refractivity contribution in [1.29, 1.82) is 0 Å². The van der Waals surface area contributed by atoms with E-state index in [1.165, 1.54) is 3.22 Å². The molecule has 0 aromatic carbocycles. The van der Waals surface area contributed by atoms with Crippen LogP contribution in [0.2, 0.25) is 0 Å². The second kappa shape index (κ2) is 3.17. The Balaban J connectivity index is 2.71. The number of nitro groups is 1. The van der Waals surface area contributed by atoms with Crippen molar-refractivity contribution in [2.24, 2.45) is 5.73 Å². The van der Waals surface area contributed by atoms with E-state index in [2.05, 4.69) is 5.43 Å². The highest BCUT2D eigenvalue weighted by molar-refractivity contribution is 14.1. The average Bonchev–Trinajstić information content (AvgIpc) is 2.07. The zero-order valence-electron chi connectivity index (χ0n) is 5.90. The highest BCUT2D eigenvalue weighted by atomic mass is 127. The standard InChI is InChI=1S/C4H9IN4O2/c1-2-3(9(10)11)4(6)8(5)7-2/h2-4,7H,6H2,1H3. The molecule has 7 heteroatoms. The lowest BCUT2D eigenvalue weighted by molar-refractivity contribution is -0.525. The van der Waals surface area contributed by atoms with Crippen LogP contribution >= 0.6 is 22.9 Å². The van der Waals surface area contributed by atoms with Crippen LogP contribution in [0.5, 0.6) is 0 Å². The quantitative estimate of drug-likeness (QED) is 0.290. The molecule has 0 amide bonds. The predicted molar refractivity (Wildman–Crippen MR) is 47.2 cm³/mol. The number of halogens is 1. The number of hydrogen-bond donors (Lipinski definition) is 2. The third-order valence-corrected chi connectivity index (χ3v) is 2.62. The SMILES string of the molecule is CC1NN(I)C(N)C1[N+](=O)[O-]. The first-order valence-electron chi connectivity index (χ1n) is 3.14. The molecule has 3 unspecified atom stereocenters. The maximum absolute atomic E-state index is 10.4. The molecule has 1 fully saturated rings. The van der Waals surface area contributed by atoms with Crippen molar-refractivity contribution in [2.75, 3.05) is 0 Å². The van der Waals surface area contributed by atoms with Crippen molar-refractivity contribution in [3.05, 3.63) is 10.1 Å². The zero-order chi connectivity index (χ0) is 8.59. The number of hydrogen-bond acceptors (Lipinski definition) is 5. The Kier molecular flexibility index (Phi) is 2.62. The summed E-state index contributed by atoms with van der Waals surface area (Å²) in [6.45, 7) is 1.74. The number of hydrazine groups is 1. The van der Waals surface area contributed by atoms with E-state index < -0.39 is 12.2 Å². The minimum absolute atomic E-state index is 0.197. The molecule has 1 saturated heterocycles. The molecule has 0 aromatic heterocycles. The van der Waals surface area contributed by atoms with Crippen LogP contribution in [0.1, 0.15) is 6.92 Å². The van der Waals surface area contributed by atoms with E-state index in [1.54, 1.807) is 6.92 Å². The van der Waals surface area contributed by atoms with Gasteiger partial charge in [0.2, 0.25) is 0 Å². The Morgan fingerprint density at radius 1 is 1.82 bits per heavy atom. The van der Waals surface area contributed by atoms with E-state index in [-0.39, 0.29) is 11.0 Å². The van der Waals surface area contributed by atoms with Gasteiger partial charge in [0.25, 0.3) is 6.04 Å². The third kappa shape index (κ3) is 1.60. The molecule has 0 radical (unpaired) electrons. The summed E-state index contributed by atoms with van der Waals surface area (Å²) in [5, 5.41) is 10.4. The van der Waals surface area contributed by atoms with Crippen LogP contribution in [-0.4, -0.2) is 26.4 Å². The molecule has 0 saturated carbocycles. The first kappa shape index (κ1) is 9.10. The van der Waals surface area contributed by atoms with Gasteiger partial charge in [-0.15, -0.1) is 0 Å². The second-order valence-electron chi connectivity index (χ2n) is 2.50. The van der Waals surface area contributed by atoms with Crippen molar-refractivity contribution in [3.63, 3.8) is 0 Å². The highest BCUT2D eigenvalue weighted by Crippen LogP contribution is 2.17. The van der Waals surface area contributed by atoms with Gasteiger partial charge in [0.05, 0.1) is 6.04 Å². The summed E-state index contributed by atoms with van der Waals surface area (Å²) in [5.74, 6) is 0. The lowest BCUT2D eigenvalue weighted by atomic mass is 10.1. The van der Waals surface area contributed by atoms with Crippen LogP contribution in [0.4, 0.5) is 0 Å². The molecular formula is C4H9IN4O2. The minimum Gasteiger partial charge on any atom is -0.308 e. The smallest absolute Gasteiger partial charge is 0.259 e. The molecule has 1 rings (SSSR count). The lowest BCUT2D eigenvalue weighted by Crippen LogP contribution is -2.44. The molecular weight excluding hydrogens is 263 g/mol. The largest absolute Gasteiger partial charge is 0.308 e. The Bertz CT molecular complexity index is 177. The van der Waals surface area contributed by atoms with Crippen molar-refractivity contribution in [3.8, 4) is 0 Å². The molecule has 0 aliphatic carbocycles. The topological polar surface area (TPSA) is 84.4 Å². The molecule has 3 atom stereocenters. The van der Waals surface area contributed by atoms with E-state index in [0.717, 1.165) is 0 Å². The van der Waals surface area contributed by atoms with Gasteiger partial charge in [0, 0.05) is 27.8 Å². The van der Waals surface area contributed by atoms with Gasteiger partial charge in [0.15, 0.2) is 6.17 Å². The Morgan fingerprint density at radius 3 is 2.55 bits per heavy atom. The zero-order valence-corrected chi connectivity index (χ0v) is 8.06. The second-order valence-corrected chi connectivity index (χ2v) is 3.54. The van der Waals surface area contributed by atoms with Crippen LogP contribution in [-0.2, 0) is 0 Å². The van der Waals surface area contributed by atoms with E-state index in [0.29, 0.717) is 0 Å². The van der Waals surface area contributed by atoms with E-state index in [4.69, 9.17) is 5.73 Å². The average molecular weight is 272 g/mol. The summed E-state index contributed by atoms with van der Waals surface area (Å²) in [7, 11) is 0. The predicted octanol–water partition coefficient (Wildman–Crippen LogP) is -0.525. The third-order valence-electron chi connectivity index (χ3n) is 1.69. The molecule has 6 nitrogen and oxygen atoms in total. The van der Waals surface area contributed by atoms with Gasteiger partial charge in [-0.05, 0) is 6.92 Å². The minimum atomic E-state index is -0.716. The summed E-state index contributed by atoms with van der Waals surface area (Å²) in [6.07, 6.45) is -0.541. The summed E-state index contributed by atoms with van der Waals surface area (Å²) >= 11 is 1.91. The van der Waals surface area contributed by atoms with Gasteiger partial charge >= 0.3 is 0 Å². The molecule has 3 N–H and O–H groups in total. The summed E-state index contributed by atoms with van der Waals surface area (Å²) < 4.78 is 1.54. The van der Waals surface area contributed by atoms with Gasteiger partial charge in [-0.2, -0.15) is 3.22 Å². The molecule has 0 bridgehead atoms. The Hall–Kier alpha value is 0.01000. The van der Waals surface area contributed by atoms with Crippen LogP contribution in [0, 0.1) is 10.1 Å². The maximum Gasteiger partial charge on any atom is 0.259 e. The van der Waals surface area contributed by atoms with Crippen molar-refractivity contribution in [1.82, 2.24) is 8.65 Å². The maximum atomic E-state index is 10.4.